The van der Waals surface area contributed by atoms with E-state index in [-0.39, 0.29) is 35.0 Å². The van der Waals surface area contributed by atoms with E-state index < -0.39 is 28.7 Å². The maximum absolute atomic E-state index is 14.7. The van der Waals surface area contributed by atoms with Crippen LogP contribution in [0.5, 0.6) is 5.88 Å². The smallest absolute Gasteiger partial charge is 0.232 e. The van der Waals surface area contributed by atoms with Crippen molar-refractivity contribution in [1.29, 1.82) is 0 Å². The number of aliphatic imine (C=N–C) groups is 1. The van der Waals surface area contributed by atoms with Crippen molar-refractivity contribution in [1.82, 2.24) is 14.3 Å². The van der Waals surface area contributed by atoms with Crippen molar-refractivity contribution in [3.8, 4) is 5.88 Å². The molecule has 166 valence electrons. The van der Waals surface area contributed by atoms with Crippen LogP contribution < -0.4 is 10.5 Å². The number of hydrogen-bond acceptors (Lipinski definition) is 7. The molecular weight excluding hydrogens is 428 g/mol. The fourth-order valence-corrected chi connectivity index (χ4v) is 3.90. The Morgan fingerprint density at radius 1 is 1.42 bits per heavy atom. The van der Waals surface area contributed by atoms with Gasteiger partial charge in [0.15, 0.2) is 5.83 Å². The zero-order valence-electron chi connectivity index (χ0n) is 17.3. The SMILES string of the molecule is COCC(C)Oc1cnc(/C(F)=C/c2ccc(F)c(C3CS(=O)N(C)C(N)=N3)c2)cn1. The maximum Gasteiger partial charge on any atom is 0.232 e. The minimum atomic E-state index is -1.43. The van der Waals surface area contributed by atoms with Gasteiger partial charge in [-0.1, -0.05) is 6.07 Å². The minimum absolute atomic E-state index is 0.000259. The maximum atomic E-state index is 14.7. The van der Waals surface area contributed by atoms with Gasteiger partial charge in [0.05, 0.1) is 30.8 Å². The van der Waals surface area contributed by atoms with Crippen LogP contribution in [0.25, 0.3) is 11.9 Å². The second kappa shape index (κ2) is 9.92. The van der Waals surface area contributed by atoms with Crippen LogP contribution in [0.1, 0.15) is 29.8 Å². The summed E-state index contributed by atoms with van der Waals surface area (Å²) in [6.07, 6.45) is 3.54. The average Bonchev–Trinajstić information content (AvgIpc) is 2.73. The molecule has 2 heterocycles. The summed E-state index contributed by atoms with van der Waals surface area (Å²) in [6, 6.07) is 3.37. The standard InChI is InChI=1S/C20H23F2N5O3S/c1-12(10-29-3)30-19-9-24-17(8-25-19)16(22)7-13-4-5-15(21)14(6-13)18-11-31(28)27(2)20(23)26-18/h4-9,12,18H,10-11H2,1-3H3,(H2,23,26)/b16-7-. The fourth-order valence-electron chi connectivity index (χ4n) is 2.89. The first-order valence-electron chi connectivity index (χ1n) is 9.38. The lowest BCUT2D eigenvalue weighted by Crippen LogP contribution is -2.41. The van der Waals surface area contributed by atoms with Crippen molar-refractivity contribution in [3.63, 3.8) is 0 Å². The molecule has 0 saturated heterocycles. The molecule has 0 spiro atoms. The number of nitrogens with two attached hydrogens (primary N) is 1. The number of rotatable bonds is 7. The second-order valence-electron chi connectivity index (χ2n) is 6.89. The molecule has 8 nitrogen and oxygen atoms in total. The predicted molar refractivity (Wildman–Crippen MR) is 115 cm³/mol. The van der Waals surface area contributed by atoms with E-state index in [2.05, 4.69) is 15.0 Å². The Kier molecular flexibility index (Phi) is 7.29. The van der Waals surface area contributed by atoms with E-state index >= 15 is 0 Å². The molecular formula is C20H23F2N5O3S. The summed E-state index contributed by atoms with van der Waals surface area (Å²) in [4.78, 5) is 12.3. The summed E-state index contributed by atoms with van der Waals surface area (Å²) in [5, 5.41) is 0. The van der Waals surface area contributed by atoms with Crippen LogP contribution in [-0.2, 0) is 15.7 Å². The molecule has 1 aliphatic rings. The Labute approximate surface area is 181 Å². The van der Waals surface area contributed by atoms with Gasteiger partial charge in [0.1, 0.15) is 28.6 Å². The number of methoxy groups -OCH3 is 1. The van der Waals surface area contributed by atoms with Crippen LogP contribution in [0.4, 0.5) is 8.78 Å². The number of guanidine groups is 1. The third kappa shape index (κ3) is 5.61. The molecule has 2 aromatic rings. The molecule has 0 aliphatic carbocycles. The van der Waals surface area contributed by atoms with Crippen LogP contribution in [0.3, 0.4) is 0 Å². The highest BCUT2D eigenvalue weighted by molar-refractivity contribution is 7.83. The van der Waals surface area contributed by atoms with Crippen LogP contribution in [0, 0.1) is 5.82 Å². The average molecular weight is 451 g/mol. The lowest BCUT2D eigenvalue weighted by molar-refractivity contribution is 0.0886. The number of aromatic nitrogens is 2. The summed E-state index contributed by atoms with van der Waals surface area (Å²) in [7, 11) is 1.68. The summed E-state index contributed by atoms with van der Waals surface area (Å²) in [5.41, 5.74) is 6.34. The molecule has 3 atom stereocenters. The van der Waals surface area contributed by atoms with Gasteiger partial charge in [0, 0.05) is 19.7 Å². The van der Waals surface area contributed by atoms with Crippen molar-refractivity contribution in [2.24, 2.45) is 10.7 Å². The summed E-state index contributed by atoms with van der Waals surface area (Å²) in [6.45, 7) is 2.19. The van der Waals surface area contributed by atoms with Crippen LogP contribution in [0.15, 0.2) is 35.6 Å². The molecule has 0 bridgehead atoms. The fraction of sp³-hybridized carbons (Fsp3) is 0.350. The van der Waals surface area contributed by atoms with Crippen molar-refractivity contribution >= 4 is 28.8 Å². The number of nitrogens with zero attached hydrogens (tertiary/aromatic N) is 4. The van der Waals surface area contributed by atoms with Crippen LogP contribution in [-0.4, -0.2) is 57.1 Å². The van der Waals surface area contributed by atoms with Crippen LogP contribution in [0.2, 0.25) is 0 Å². The molecule has 1 aromatic carbocycles. The highest BCUT2D eigenvalue weighted by atomic mass is 32.2. The largest absolute Gasteiger partial charge is 0.471 e. The Bertz CT molecular complexity index is 1020. The molecule has 1 aromatic heterocycles. The van der Waals surface area contributed by atoms with E-state index in [1.54, 1.807) is 14.2 Å². The summed E-state index contributed by atoms with van der Waals surface area (Å²) >= 11 is 0. The third-order valence-electron chi connectivity index (χ3n) is 4.49. The summed E-state index contributed by atoms with van der Waals surface area (Å²) < 4.78 is 53.0. The van der Waals surface area contributed by atoms with E-state index in [0.29, 0.717) is 12.2 Å². The van der Waals surface area contributed by atoms with Gasteiger partial charge in [0.25, 0.3) is 0 Å². The molecule has 3 rings (SSSR count). The Hall–Kier alpha value is -2.92. The first-order valence-corrected chi connectivity index (χ1v) is 10.7. The highest BCUT2D eigenvalue weighted by Crippen LogP contribution is 2.28. The van der Waals surface area contributed by atoms with Gasteiger partial charge in [-0.25, -0.2) is 28.0 Å². The van der Waals surface area contributed by atoms with Crippen molar-refractivity contribution in [3.05, 3.63) is 53.2 Å². The normalized spacial score (nSPS) is 20.4. The first-order chi connectivity index (χ1) is 14.8. The summed E-state index contributed by atoms with van der Waals surface area (Å²) in [5.74, 6) is -0.809. The molecule has 1 aliphatic heterocycles. The minimum Gasteiger partial charge on any atom is -0.471 e. The number of hydrogen-bond donors (Lipinski definition) is 1. The quantitative estimate of drug-likeness (QED) is 0.694. The Morgan fingerprint density at radius 2 is 2.19 bits per heavy atom. The van der Waals surface area contributed by atoms with Crippen LogP contribution >= 0.6 is 0 Å². The number of halogens is 2. The molecule has 0 radical (unpaired) electrons. The van der Waals surface area contributed by atoms with Gasteiger partial charge in [-0.15, -0.1) is 0 Å². The Balaban J connectivity index is 1.80. The number of ether oxygens (including phenoxy) is 2. The van der Waals surface area contributed by atoms with Crippen molar-refractivity contribution < 1.29 is 22.5 Å². The van der Waals surface area contributed by atoms with E-state index in [9.17, 15) is 13.0 Å². The molecule has 0 fully saturated rings. The molecule has 0 saturated carbocycles. The molecule has 2 N–H and O–H groups in total. The van der Waals surface area contributed by atoms with E-state index in [1.165, 1.54) is 41.0 Å². The zero-order chi connectivity index (χ0) is 22.5. The van der Waals surface area contributed by atoms with Gasteiger partial charge in [-0.2, -0.15) is 0 Å². The lowest BCUT2D eigenvalue weighted by Gasteiger charge is -2.26. The van der Waals surface area contributed by atoms with Gasteiger partial charge in [-0.05, 0) is 30.7 Å². The predicted octanol–water partition coefficient (Wildman–Crippen LogP) is 2.46. The van der Waals surface area contributed by atoms with E-state index in [4.69, 9.17) is 15.2 Å². The van der Waals surface area contributed by atoms with Gasteiger partial charge >= 0.3 is 0 Å². The topological polar surface area (TPSA) is 103 Å². The van der Waals surface area contributed by atoms with Gasteiger partial charge in [-0.3, -0.25) is 4.31 Å². The van der Waals surface area contributed by atoms with Crippen molar-refractivity contribution in [2.75, 3.05) is 26.5 Å². The van der Waals surface area contributed by atoms with E-state index in [1.807, 2.05) is 6.92 Å². The molecule has 11 heteroatoms. The third-order valence-corrected chi connectivity index (χ3v) is 5.88. The second-order valence-corrected chi connectivity index (χ2v) is 8.41. The number of benzene rings is 1. The highest BCUT2D eigenvalue weighted by Gasteiger charge is 2.26. The van der Waals surface area contributed by atoms with Crippen molar-refractivity contribution in [2.45, 2.75) is 19.1 Å². The molecule has 3 unspecified atom stereocenters. The molecule has 31 heavy (non-hydrogen) atoms. The van der Waals surface area contributed by atoms with E-state index in [0.717, 1.165) is 0 Å². The van der Waals surface area contributed by atoms with Gasteiger partial charge in [0.2, 0.25) is 11.8 Å². The zero-order valence-corrected chi connectivity index (χ0v) is 18.1. The lowest BCUT2D eigenvalue weighted by atomic mass is 10.0. The van der Waals surface area contributed by atoms with Gasteiger partial charge < -0.3 is 15.2 Å². The molecule has 0 amide bonds. The monoisotopic (exact) mass is 451 g/mol. The first kappa shape index (κ1) is 22.8. The Morgan fingerprint density at radius 3 is 2.84 bits per heavy atom.